The Morgan fingerprint density at radius 2 is 2.25 bits per heavy atom. The van der Waals surface area contributed by atoms with E-state index in [2.05, 4.69) is 12.2 Å². The summed E-state index contributed by atoms with van der Waals surface area (Å²) in [6, 6.07) is 0. The van der Waals surface area contributed by atoms with E-state index in [1.54, 1.807) is 5.27 Å². The van der Waals surface area contributed by atoms with E-state index >= 15 is 0 Å². The van der Waals surface area contributed by atoms with Crippen molar-refractivity contribution in [3.8, 4) is 0 Å². The lowest BCUT2D eigenvalue weighted by molar-refractivity contribution is 2.36. The molecule has 0 bridgehead atoms. The summed E-state index contributed by atoms with van der Waals surface area (Å²) in [7, 11) is 1.81. The maximum atomic E-state index is 4.37. The molecule has 0 aliphatic carbocycles. The van der Waals surface area contributed by atoms with Gasteiger partial charge in [0.25, 0.3) is 0 Å². The SMILES string of the molecule is C[B]C=S. The summed E-state index contributed by atoms with van der Waals surface area (Å²) in [5.41, 5.74) is 0. The molecule has 4 heavy (non-hydrogen) atoms. The van der Waals surface area contributed by atoms with Gasteiger partial charge in [-0.05, 0) is 0 Å². The summed E-state index contributed by atoms with van der Waals surface area (Å²) in [6.07, 6.45) is 0. The number of hydrogen-bond acceptors (Lipinski definition) is 1. The summed E-state index contributed by atoms with van der Waals surface area (Å²) in [4.78, 5) is 0. The Morgan fingerprint density at radius 1 is 2.00 bits per heavy atom. The molecular weight excluding hydrogens is 66.9 g/mol. The molecule has 21 valence electrons. The topological polar surface area (TPSA) is 0 Å². The highest BCUT2D eigenvalue weighted by atomic mass is 32.1. The smallest absolute Gasteiger partial charge is 0.105 e. The van der Waals surface area contributed by atoms with Crippen LogP contribution < -0.4 is 0 Å². The molecule has 1 radical (unpaired) electrons. The quantitative estimate of drug-likeness (QED) is 0.324. The first-order chi connectivity index (χ1) is 1.91. The lowest BCUT2D eigenvalue weighted by Crippen LogP contribution is -1.71. The van der Waals surface area contributed by atoms with E-state index in [0.29, 0.717) is 0 Å². The van der Waals surface area contributed by atoms with E-state index in [0.717, 1.165) is 0 Å². The monoisotopic (exact) mass is 71.0 g/mol. The summed E-state index contributed by atoms with van der Waals surface area (Å²) >= 11 is 4.37. The highest BCUT2D eigenvalue weighted by molar-refractivity contribution is 7.81. The molecule has 0 rings (SSSR count). The highest BCUT2D eigenvalue weighted by Gasteiger charge is 1.54. The first-order valence-corrected chi connectivity index (χ1v) is 1.62. The minimum atomic E-state index is 1.58. The molecule has 0 fully saturated rings. The van der Waals surface area contributed by atoms with Crippen LogP contribution in [0, 0.1) is 0 Å². The van der Waals surface area contributed by atoms with Crippen LogP contribution in [0.3, 0.4) is 0 Å². The van der Waals surface area contributed by atoms with Crippen molar-refractivity contribution in [2.75, 3.05) is 0 Å². The van der Waals surface area contributed by atoms with Gasteiger partial charge in [-0.3, -0.25) is 0 Å². The fraction of sp³-hybridized carbons (Fsp3) is 0.500. The Balaban J connectivity index is 2.30. The molecule has 0 saturated heterocycles. The Labute approximate surface area is 32.5 Å². The molecule has 0 aromatic rings. The van der Waals surface area contributed by atoms with E-state index < -0.39 is 0 Å². The lowest BCUT2D eigenvalue weighted by atomic mass is 9.87. The summed E-state index contributed by atoms with van der Waals surface area (Å²) in [5.74, 6) is 0. The van der Waals surface area contributed by atoms with Crippen molar-refractivity contribution in [1.29, 1.82) is 0 Å². The van der Waals surface area contributed by atoms with Crippen LogP contribution in [0.25, 0.3) is 0 Å². The molecule has 0 saturated carbocycles. The van der Waals surface area contributed by atoms with Crippen molar-refractivity contribution in [3.05, 3.63) is 0 Å². The molecule has 0 aliphatic heterocycles. The Hall–Kier alpha value is 0.155. The molecular formula is C2H4BS. The van der Waals surface area contributed by atoms with Gasteiger partial charge in [0.05, 0.1) is 0 Å². The molecule has 0 unspecified atom stereocenters. The van der Waals surface area contributed by atoms with Gasteiger partial charge in [0.15, 0.2) is 7.28 Å². The summed E-state index contributed by atoms with van der Waals surface area (Å²) in [6.45, 7) is 1.90. The van der Waals surface area contributed by atoms with Crippen LogP contribution in [-0.2, 0) is 0 Å². The average molecular weight is 70.9 g/mol. The molecule has 0 heterocycles. The van der Waals surface area contributed by atoms with Crippen molar-refractivity contribution in [2.45, 2.75) is 6.82 Å². The largest absolute Gasteiger partial charge is 0.153 e. The first kappa shape index (κ1) is 4.15. The van der Waals surface area contributed by atoms with E-state index in [1.807, 2.05) is 14.1 Å². The number of hydrogen-bond donors (Lipinski definition) is 0. The minimum absolute atomic E-state index is 1.58. The molecule has 0 aliphatic rings. The maximum absolute atomic E-state index is 4.37. The van der Waals surface area contributed by atoms with Gasteiger partial charge in [0.2, 0.25) is 0 Å². The van der Waals surface area contributed by atoms with E-state index in [9.17, 15) is 0 Å². The van der Waals surface area contributed by atoms with Gasteiger partial charge in [-0.15, -0.1) is 12.2 Å². The van der Waals surface area contributed by atoms with Crippen molar-refractivity contribution >= 4 is 24.8 Å². The normalized spacial score (nSPS) is 5.25. The number of rotatable bonds is 1. The zero-order valence-corrected chi connectivity index (χ0v) is 3.38. The fourth-order valence-corrected chi connectivity index (χ4v) is 0. The molecule has 0 N–H and O–H groups in total. The van der Waals surface area contributed by atoms with Crippen LogP contribution in [0.5, 0.6) is 0 Å². The third kappa shape index (κ3) is 2.15. The molecule has 0 amide bonds. The Morgan fingerprint density at radius 3 is 2.25 bits per heavy atom. The zero-order chi connectivity index (χ0) is 3.41. The van der Waals surface area contributed by atoms with Crippen molar-refractivity contribution in [3.63, 3.8) is 0 Å². The van der Waals surface area contributed by atoms with E-state index in [1.165, 1.54) is 0 Å². The van der Waals surface area contributed by atoms with Crippen LogP contribution >= 0.6 is 12.2 Å². The first-order valence-electron chi connectivity index (χ1n) is 1.15. The number of thiocarbonyl (C=S) groups is 1. The van der Waals surface area contributed by atoms with E-state index in [-0.39, 0.29) is 0 Å². The van der Waals surface area contributed by atoms with Gasteiger partial charge >= 0.3 is 0 Å². The molecule has 0 nitrogen and oxygen atoms in total. The standard InChI is InChI=1S/C2H4BS/c1-3-2-4/h2H,1H3. The third-order valence-corrected chi connectivity index (χ3v) is 0.408. The summed E-state index contributed by atoms with van der Waals surface area (Å²) < 4.78 is 0. The Bertz CT molecular complexity index is 20.0. The van der Waals surface area contributed by atoms with Crippen molar-refractivity contribution in [2.24, 2.45) is 0 Å². The lowest BCUT2D eigenvalue weighted by Gasteiger charge is -1.49. The average Bonchev–Trinajstić information content (AvgIpc) is 1.37. The van der Waals surface area contributed by atoms with Gasteiger partial charge in [-0.25, -0.2) is 0 Å². The van der Waals surface area contributed by atoms with Crippen LogP contribution in [0.15, 0.2) is 0 Å². The highest BCUT2D eigenvalue weighted by Crippen LogP contribution is 1.42. The van der Waals surface area contributed by atoms with Gasteiger partial charge in [0.1, 0.15) is 0 Å². The molecule has 0 spiro atoms. The van der Waals surface area contributed by atoms with Crippen molar-refractivity contribution < 1.29 is 0 Å². The Kier molecular flexibility index (Phi) is 3.28. The fourth-order valence-electron chi connectivity index (χ4n) is 0. The maximum Gasteiger partial charge on any atom is 0.153 e. The van der Waals surface area contributed by atoms with E-state index in [4.69, 9.17) is 0 Å². The van der Waals surface area contributed by atoms with Gasteiger partial charge < -0.3 is 0 Å². The predicted molar refractivity (Wildman–Crippen MR) is 25.3 cm³/mol. The third-order valence-electron chi connectivity index (χ3n) is 0.136. The molecule has 0 atom stereocenters. The molecule has 0 aromatic carbocycles. The second-order valence-corrected chi connectivity index (χ2v) is 0.742. The zero-order valence-electron chi connectivity index (χ0n) is 2.56. The second kappa shape index (κ2) is 3.15. The minimum Gasteiger partial charge on any atom is -0.105 e. The predicted octanol–water partition coefficient (Wildman–Crippen LogP) is 0.696. The van der Waals surface area contributed by atoms with Crippen LogP contribution in [0.4, 0.5) is 0 Å². The van der Waals surface area contributed by atoms with Gasteiger partial charge in [-0.2, -0.15) is 0 Å². The van der Waals surface area contributed by atoms with Crippen molar-refractivity contribution in [1.82, 2.24) is 0 Å². The molecule has 0 aromatic heterocycles. The van der Waals surface area contributed by atoms with Gasteiger partial charge in [0, 0.05) is 0 Å². The van der Waals surface area contributed by atoms with Crippen LogP contribution in [0.1, 0.15) is 0 Å². The van der Waals surface area contributed by atoms with Crippen LogP contribution in [0.2, 0.25) is 6.82 Å². The van der Waals surface area contributed by atoms with Gasteiger partial charge in [-0.1, -0.05) is 12.1 Å². The van der Waals surface area contributed by atoms with Crippen LogP contribution in [-0.4, -0.2) is 12.5 Å². The second-order valence-electron chi connectivity index (χ2n) is 0.469. The summed E-state index contributed by atoms with van der Waals surface area (Å²) in [5, 5.41) is 1.58. The molecule has 2 heteroatoms.